The van der Waals surface area contributed by atoms with Crippen molar-refractivity contribution in [2.24, 2.45) is 0 Å². The fraction of sp³-hybridized carbons (Fsp3) is 0.455. The number of halogens is 1. The van der Waals surface area contributed by atoms with Crippen molar-refractivity contribution in [1.82, 2.24) is 0 Å². The van der Waals surface area contributed by atoms with Gasteiger partial charge in [0.1, 0.15) is 0 Å². The normalized spacial score (nSPS) is 10.1. The maximum absolute atomic E-state index is 3.45. The first kappa shape index (κ1) is 11.9. The highest BCUT2D eigenvalue weighted by molar-refractivity contribution is 9.10. The zero-order valence-corrected chi connectivity index (χ0v) is 10.8. The van der Waals surface area contributed by atoms with Gasteiger partial charge in [0.25, 0.3) is 0 Å². The number of thioether (sulfide) groups is 1. The SMILES string of the molecule is CCCSCCNc1cccc(Br)c1. The van der Waals surface area contributed by atoms with E-state index >= 15 is 0 Å². The molecule has 1 N–H and O–H groups in total. The summed E-state index contributed by atoms with van der Waals surface area (Å²) in [4.78, 5) is 0. The molecular weight excluding hydrogens is 258 g/mol. The Morgan fingerprint density at radius 3 is 2.93 bits per heavy atom. The number of hydrogen-bond acceptors (Lipinski definition) is 2. The van der Waals surface area contributed by atoms with Gasteiger partial charge in [-0.25, -0.2) is 0 Å². The van der Waals surface area contributed by atoms with Crippen molar-refractivity contribution in [2.75, 3.05) is 23.4 Å². The maximum atomic E-state index is 3.45. The minimum Gasteiger partial charge on any atom is -0.384 e. The Morgan fingerprint density at radius 1 is 1.36 bits per heavy atom. The molecule has 0 fully saturated rings. The molecule has 14 heavy (non-hydrogen) atoms. The van der Waals surface area contributed by atoms with E-state index in [0.29, 0.717) is 0 Å². The van der Waals surface area contributed by atoms with Crippen LogP contribution in [-0.2, 0) is 0 Å². The standard InChI is InChI=1S/C11H16BrNS/c1-2-7-14-8-6-13-11-5-3-4-10(12)9-11/h3-5,9,13H,2,6-8H2,1H3. The van der Waals surface area contributed by atoms with Gasteiger partial charge in [0.15, 0.2) is 0 Å². The third-order valence-electron chi connectivity index (χ3n) is 1.75. The summed E-state index contributed by atoms with van der Waals surface area (Å²) in [5.74, 6) is 2.44. The van der Waals surface area contributed by atoms with Crippen molar-refractivity contribution in [2.45, 2.75) is 13.3 Å². The molecule has 0 amide bonds. The lowest BCUT2D eigenvalue weighted by molar-refractivity contribution is 1.10. The topological polar surface area (TPSA) is 12.0 Å². The number of anilines is 1. The summed E-state index contributed by atoms with van der Waals surface area (Å²) in [6, 6.07) is 8.28. The molecule has 0 radical (unpaired) electrons. The lowest BCUT2D eigenvalue weighted by atomic mass is 10.3. The van der Waals surface area contributed by atoms with Crippen LogP contribution in [0, 0.1) is 0 Å². The van der Waals surface area contributed by atoms with Gasteiger partial charge in [0.05, 0.1) is 0 Å². The zero-order valence-electron chi connectivity index (χ0n) is 8.42. The van der Waals surface area contributed by atoms with Gasteiger partial charge in [0, 0.05) is 22.5 Å². The molecule has 1 aromatic carbocycles. The van der Waals surface area contributed by atoms with Gasteiger partial charge >= 0.3 is 0 Å². The molecule has 3 heteroatoms. The van der Waals surface area contributed by atoms with Gasteiger partial charge in [-0.3, -0.25) is 0 Å². The summed E-state index contributed by atoms with van der Waals surface area (Å²) in [5, 5.41) is 3.39. The number of rotatable bonds is 6. The molecule has 78 valence electrons. The highest BCUT2D eigenvalue weighted by Crippen LogP contribution is 2.15. The number of hydrogen-bond donors (Lipinski definition) is 1. The van der Waals surface area contributed by atoms with Crippen LogP contribution in [0.25, 0.3) is 0 Å². The molecule has 0 heterocycles. The molecule has 0 saturated heterocycles. The molecule has 0 aromatic heterocycles. The summed E-state index contributed by atoms with van der Waals surface area (Å²) < 4.78 is 1.13. The third-order valence-corrected chi connectivity index (χ3v) is 3.43. The number of benzene rings is 1. The molecule has 0 bridgehead atoms. The van der Waals surface area contributed by atoms with Crippen LogP contribution in [-0.4, -0.2) is 18.1 Å². The van der Waals surface area contributed by atoms with E-state index in [4.69, 9.17) is 0 Å². The Bertz CT molecular complexity index is 265. The summed E-state index contributed by atoms with van der Waals surface area (Å²) in [7, 11) is 0. The summed E-state index contributed by atoms with van der Waals surface area (Å²) in [5.41, 5.74) is 1.19. The molecule has 0 aliphatic heterocycles. The lowest BCUT2D eigenvalue weighted by Gasteiger charge is -2.05. The highest BCUT2D eigenvalue weighted by atomic mass is 79.9. The second kappa shape index (κ2) is 7.18. The van der Waals surface area contributed by atoms with Gasteiger partial charge in [0.2, 0.25) is 0 Å². The average Bonchev–Trinajstić information content (AvgIpc) is 2.18. The summed E-state index contributed by atoms with van der Waals surface area (Å²) in [6.45, 7) is 3.26. The van der Waals surface area contributed by atoms with Crippen LogP contribution in [0.3, 0.4) is 0 Å². The van der Waals surface area contributed by atoms with Crippen molar-refractivity contribution in [3.8, 4) is 0 Å². The lowest BCUT2D eigenvalue weighted by Crippen LogP contribution is -2.04. The quantitative estimate of drug-likeness (QED) is 0.787. The van der Waals surface area contributed by atoms with Gasteiger partial charge in [-0.05, 0) is 30.4 Å². The first-order valence-electron chi connectivity index (χ1n) is 4.90. The summed E-state index contributed by atoms with van der Waals surface area (Å²) in [6.07, 6.45) is 1.27. The van der Waals surface area contributed by atoms with E-state index in [1.165, 1.54) is 23.6 Å². The second-order valence-electron chi connectivity index (χ2n) is 3.05. The summed E-state index contributed by atoms with van der Waals surface area (Å²) >= 11 is 5.45. The van der Waals surface area contributed by atoms with E-state index < -0.39 is 0 Å². The van der Waals surface area contributed by atoms with E-state index in [1.807, 2.05) is 23.9 Å². The van der Waals surface area contributed by atoms with Gasteiger partial charge in [-0.15, -0.1) is 0 Å². The molecule has 1 aromatic rings. The molecule has 0 spiro atoms. The zero-order chi connectivity index (χ0) is 10.2. The van der Waals surface area contributed by atoms with Crippen molar-refractivity contribution in [1.29, 1.82) is 0 Å². The van der Waals surface area contributed by atoms with Crippen molar-refractivity contribution < 1.29 is 0 Å². The Morgan fingerprint density at radius 2 is 2.21 bits per heavy atom. The molecular formula is C11H16BrNS. The van der Waals surface area contributed by atoms with E-state index in [1.54, 1.807) is 0 Å². The van der Waals surface area contributed by atoms with Crippen LogP contribution in [0.15, 0.2) is 28.7 Å². The van der Waals surface area contributed by atoms with Crippen molar-refractivity contribution in [3.05, 3.63) is 28.7 Å². The van der Waals surface area contributed by atoms with E-state index in [2.05, 4.69) is 40.3 Å². The Hall–Kier alpha value is -0.150. The van der Waals surface area contributed by atoms with Crippen LogP contribution >= 0.6 is 27.7 Å². The minimum atomic E-state index is 1.04. The molecule has 1 rings (SSSR count). The van der Waals surface area contributed by atoms with Crippen LogP contribution in [0.4, 0.5) is 5.69 Å². The predicted molar refractivity (Wildman–Crippen MR) is 70.2 cm³/mol. The van der Waals surface area contributed by atoms with Crippen molar-refractivity contribution in [3.63, 3.8) is 0 Å². The molecule has 0 unspecified atom stereocenters. The molecule has 0 saturated carbocycles. The Kier molecular flexibility index (Phi) is 6.12. The fourth-order valence-corrected chi connectivity index (χ4v) is 2.25. The van der Waals surface area contributed by atoms with Gasteiger partial charge in [-0.1, -0.05) is 28.9 Å². The van der Waals surface area contributed by atoms with Crippen LogP contribution < -0.4 is 5.32 Å². The van der Waals surface area contributed by atoms with Crippen molar-refractivity contribution >= 4 is 33.4 Å². The smallest absolute Gasteiger partial charge is 0.0351 e. The van der Waals surface area contributed by atoms with Gasteiger partial charge in [-0.2, -0.15) is 11.8 Å². The Balaban J connectivity index is 2.18. The highest BCUT2D eigenvalue weighted by Gasteiger charge is 1.92. The molecule has 0 aliphatic carbocycles. The third kappa shape index (κ3) is 4.91. The first-order chi connectivity index (χ1) is 6.83. The molecule has 1 nitrogen and oxygen atoms in total. The fourth-order valence-electron chi connectivity index (χ4n) is 1.11. The number of nitrogens with one attached hydrogen (secondary N) is 1. The minimum absolute atomic E-state index is 1.04. The maximum Gasteiger partial charge on any atom is 0.0351 e. The van der Waals surface area contributed by atoms with Crippen LogP contribution in [0.2, 0.25) is 0 Å². The van der Waals surface area contributed by atoms with Crippen LogP contribution in [0.5, 0.6) is 0 Å². The predicted octanol–water partition coefficient (Wildman–Crippen LogP) is 4.00. The van der Waals surface area contributed by atoms with E-state index in [9.17, 15) is 0 Å². The molecule has 0 aliphatic rings. The monoisotopic (exact) mass is 273 g/mol. The van der Waals surface area contributed by atoms with Gasteiger partial charge < -0.3 is 5.32 Å². The van der Waals surface area contributed by atoms with E-state index in [-0.39, 0.29) is 0 Å². The van der Waals surface area contributed by atoms with E-state index in [0.717, 1.165) is 11.0 Å². The Labute approximate surface area is 98.8 Å². The van der Waals surface area contributed by atoms with Crippen LogP contribution in [0.1, 0.15) is 13.3 Å². The second-order valence-corrected chi connectivity index (χ2v) is 5.19. The first-order valence-corrected chi connectivity index (χ1v) is 6.85. The average molecular weight is 274 g/mol. The largest absolute Gasteiger partial charge is 0.384 e. The molecule has 0 atom stereocenters.